The molecule has 0 amide bonds. The minimum Gasteiger partial charge on any atom is -0.301 e. The third-order valence-corrected chi connectivity index (χ3v) is 3.70. The number of hydrogen-bond donors (Lipinski definition) is 0. The van der Waals surface area contributed by atoms with Crippen molar-refractivity contribution in [1.29, 1.82) is 5.26 Å². The van der Waals surface area contributed by atoms with Crippen molar-refractivity contribution >= 4 is 11.8 Å². The van der Waals surface area contributed by atoms with Crippen LogP contribution in [-0.4, -0.2) is 36.5 Å². The Morgan fingerprint density at radius 3 is 2.79 bits per heavy atom. The first-order valence-electron chi connectivity index (χ1n) is 5.38. The van der Waals surface area contributed by atoms with Crippen LogP contribution >= 0.6 is 11.8 Å². The highest BCUT2D eigenvalue weighted by atomic mass is 32.2. The molecule has 0 aromatic heterocycles. The molecule has 1 aliphatic carbocycles. The molecule has 0 aromatic rings. The maximum Gasteiger partial charge on any atom is 0.0672 e. The van der Waals surface area contributed by atoms with Crippen LogP contribution in [0.25, 0.3) is 0 Å². The summed E-state index contributed by atoms with van der Waals surface area (Å²) < 4.78 is 0. The lowest BCUT2D eigenvalue weighted by Crippen LogP contribution is -2.40. The summed E-state index contributed by atoms with van der Waals surface area (Å²) in [5, 5.41) is 9.05. The van der Waals surface area contributed by atoms with Gasteiger partial charge in [0.15, 0.2) is 0 Å². The zero-order valence-corrected chi connectivity index (χ0v) is 10.0. The van der Waals surface area contributed by atoms with Crippen molar-refractivity contribution in [1.82, 2.24) is 4.90 Å². The van der Waals surface area contributed by atoms with E-state index in [1.165, 1.54) is 25.0 Å². The largest absolute Gasteiger partial charge is 0.301 e. The van der Waals surface area contributed by atoms with Crippen LogP contribution in [0.2, 0.25) is 0 Å². The SMILES string of the molecule is CSCCN(C)C1CCCCC1C#N. The number of nitriles is 1. The summed E-state index contributed by atoms with van der Waals surface area (Å²) >= 11 is 1.88. The second kappa shape index (κ2) is 6.31. The zero-order valence-electron chi connectivity index (χ0n) is 9.20. The van der Waals surface area contributed by atoms with Crippen LogP contribution < -0.4 is 0 Å². The van der Waals surface area contributed by atoms with E-state index in [0.717, 1.165) is 13.0 Å². The van der Waals surface area contributed by atoms with Gasteiger partial charge in [0.2, 0.25) is 0 Å². The molecular weight excluding hydrogens is 192 g/mol. The van der Waals surface area contributed by atoms with E-state index in [9.17, 15) is 0 Å². The molecule has 1 saturated carbocycles. The first kappa shape index (κ1) is 11.9. The van der Waals surface area contributed by atoms with Gasteiger partial charge in [-0.3, -0.25) is 0 Å². The quantitative estimate of drug-likeness (QED) is 0.716. The van der Waals surface area contributed by atoms with Crippen LogP contribution in [0, 0.1) is 17.2 Å². The molecule has 1 fully saturated rings. The fourth-order valence-electron chi connectivity index (χ4n) is 2.19. The monoisotopic (exact) mass is 212 g/mol. The van der Waals surface area contributed by atoms with Crippen LogP contribution in [0.3, 0.4) is 0 Å². The fourth-order valence-corrected chi connectivity index (χ4v) is 2.66. The second-order valence-corrected chi connectivity index (χ2v) is 5.05. The molecule has 2 unspecified atom stereocenters. The van der Waals surface area contributed by atoms with Gasteiger partial charge < -0.3 is 4.90 Å². The van der Waals surface area contributed by atoms with Crippen LogP contribution in [0.15, 0.2) is 0 Å². The molecule has 3 heteroatoms. The number of nitrogens with zero attached hydrogens (tertiary/aromatic N) is 2. The van der Waals surface area contributed by atoms with Gasteiger partial charge in [-0.15, -0.1) is 0 Å². The van der Waals surface area contributed by atoms with Gasteiger partial charge in [-0.1, -0.05) is 12.8 Å². The molecule has 0 heterocycles. The topological polar surface area (TPSA) is 27.0 Å². The standard InChI is InChI=1S/C11H20N2S/c1-13(7-8-14-2)11-6-4-3-5-10(11)9-12/h10-11H,3-8H2,1-2H3. The van der Waals surface area contributed by atoms with Crippen LogP contribution in [0.4, 0.5) is 0 Å². The highest BCUT2D eigenvalue weighted by Crippen LogP contribution is 2.27. The normalized spacial score (nSPS) is 27.6. The molecule has 2 atom stereocenters. The zero-order chi connectivity index (χ0) is 10.4. The smallest absolute Gasteiger partial charge is 0.0672 e. The van der Waals surface area contributed by atoms with Gasteiger partial charge in [-0.05, 0) is 26.1 Å². The van der Waals surface area contributed by atoms with Crippen molar-refractivity contribution in [2.24, 2.45) is 5.92 Å². The summed E-state index contributed by atoms with van der Waals surface area (Å²) in [6.45, 7) is 1.12. The summed E-state index contributed by atoms with van der Waals surface area (Å²) in [7, 11) is 2.16. The maximum absolute atomic E-state index is 9.05. The Morgan fingerprint density at radius 2 is 2.14 bits per heavy atom. The lowest BCUT2D eigenvalue weighted by Gasteiger charge is -2.34. The van der Waals surface area contributed by atoms with Crippen molar-refractivity contribution in [3.63, 3.8) is 0 Å². The van der Waals surface area contributed by atoms with Crippen molar-refractivity contribution in [2.75, 3.05) is 25.6 Å². The fraction of sp³-hybridized carbons (Fsp3) is 0.909. The molecule has 0 saturated heterocycles. The molecule has 1 aliphatic rings. The second-order valence-electron chi connectivity index (χ2n) is 4.06. The predicted octanol–water partition coefficient (Wildman–Crippen LogP) is 2.36. The van der Waals surface area contributed by atoms with E-state index in [1.807, 2.05) is 11.8 Å². The minimum atomic E-state index is 0.274. The van der Waals surface area contributed by atoms with Crippen LogP contribution in [0.5, 0.6) is 0 Å². The Balaban J connectivity index is 2.42. The van der Waals surface area contributed by atoms with Crippen molar-refractivity contribution in [2.45, 2.75) is 31.7 Å². The Kier molecular flexibility index (Phi) is 5.36. The van der Waals surface area contributed by atoms with E-state index in [4.69, 9.17) is 5.26 Å². The van der Waals surface area contributed by atoms with Crippen molar-refractivity contribution in [3.8, 4) is 6.07 Å². The summed E-state index contributed by atoms with van der Waals surface area (Å²) in [6.07, 6.45) is 6.99. The first-order valence-corrected chi connectivity index (χ1v) is 6.77. The molecular formula is C11H20N2S. The molecule has 0 aliphatic heterocycles. The van der Waals surface area contributed by atoms with Gasteiger partial charge in [-0.2, -0.15) is 17.0 Å². The Labute approximate surface area is 91.7 Å². The van der Waals surface area contributed by atoms with E-state index < -0.39 is 0 Å². The van der Waals surface area contributed by atoms with Gasteiger partial charge in [0, 0.05) is 18.3 Å². The van der Waals surface area contributed by atoms with Crippen LogP contribution in [0.1, 0.15) is 25.7 Å². The molecule has 14 heavy (non-hydrogen) atoms. The molecule has 0 N–H and O–H groups in total. The van der Waals surface area contributed by atoms with Gasteiger partial charge in [0.25, 0.3) is 0 Å². The highest BCUT2D eigenvalue weighted by molar-refractivity contribution is 7.98. The van der Waals surface area contributed by atoms with E-state index >= 15 is 0 Å². The molecule has 0 spiro atoms. The van der Waals surface area contributed by atoms with Crippen molar-refractivity contribution < 1.29 is 0 Å². The first-order chi connectivity index (χ1) is 6.79. The number of rotatable bonds is 4. The van der Waals surface area contributed by atoms with Gasteiger partial charge in [0.05, 0.1) is 12.0 Å². The van der Waals surface area contributed by atoms with Crippen molar-refractivity contribution in [3.05, 3.63) is 0 Å². The summed E-state index contributed by atoms with van der Waals surface area (Å²) in [4.78, 5) is 2.38. The van der Waals surface area contributed by atoms with E-state index in [-0.39, 0.29) is 5.92 Å². The molecule has 2 nitrogen and oxygen atoms in total. The number of thioether (sulfide) groups is 1. The third kappa shape index (κ3) is 3.18. The average molecular weight is 212 g/mol. The molecule has 0 radical (unpaired) electrons. The maximum atomic E-state index is 9.05. The molecule has 0 bridgehead atoms. The molecule has 1 rings (SSSR count). The Hall–Kier alpha value is -0.200. The lowest BCUT2D eigenvalue weighted by molar-refractivity contribution is 0.166. The van der Waals surface area contributed by atoms with Crippen LogP contribution in [-0.2, 0) is 0 Å². The van der Waals surface area contributed by atoms with E-state index in [2.05, 4.69) is 24.3 Å². The highest BCUT2D eigenvalue weighted by Gasteiger charge is 2.27. The summed E-state index contributed by atoms with van der Waals surface area (Å²) in [6, 6.07) is 2.98. The third-order valence-electron chi connectivity index (χ3n) is 3.11. The lowest BCUT2D eigenvalue weighted by atomic mass is 9.85. The average Bonchev–Trinajstić information content (AvgIpc) is 2.25. The Morgan fingerprint density at radius 1 is 1.43 bits per heavy atom. The van der Waals surface area contributed by atoms with E-state index in [1.54, 1.807) is 0 Å². The van der Waals surface area contributed by atoms with E-state index in [0.29, 0.717) is 6.04 Å². The predicted molar refractivity (Wildman–Crippen MR) is 62.4 cm³/mol. The molecule has 0 aromatic carbocycles. The van der Waals surface area contributed by atoms with Gasteiger partial charge in [0.1, 0.15) is 0 Å². The summed E-state index contributed by atoms with van der Waals surface area (Å²) in [5.41, 5.74) is 0. The number of hydrogen-bond acceptors (Lipinski definition) is 3. The minimum absolute atomic E-state index is 0.274. The Bertz CT molecular complexity index is 200. The van der Waals surface area contributed by atoms with Gasteiger partial charge >= 0.3 is 0 Å². The molecule has 80 valence electrons. The van der Waals surface area contributed by atoms with Gasteiger partial charge in [-0.25, -0.2) is 0 Å². The summed E-state index contributed by atoms with van der Waals surface area (Å²) in [5.74, 6) is 1.45.